The summed E-state index contributed by atoms with van der Waals surface area (Å²) in [7, 11) is 0. The molecule has 0 unspecified atom stereocenters. The molecule has 0 aromatic carbocycles. The molecule has 0 amide bonds. The number of ether oxygens (including phenoxy) is 3. The second kappa shape index (κ2) is 5.77. The van der Waals surface area contributed by atoms with E-state index < -0.39 is 0 Å². The highest BCUT2D eigenvalue weighted by Crippen LogP contribution is 2.21. The molecule has 2 rings (SSSR count). The summed E-state index contributed by atoms with van der Waals surface area (Å²) in [5.74, 6) is -0.371. The van der Waals surface area contributed by atoms with E-state index in [0.29, 0.717) is 0 Å². The zero-order valence-corrected chi connectivity index (χ0v) is 9.96. The Labute approximate surface area is 96.9 Å². The van der Waals surface area contributed by atoms with E-state index in [2.05, 4.69) is 11.4 Å². The smallest absolute Gasteiger partial charge is 0.166 e. The quantitative estimate of drug-likeness (QED) is 0.563. The zero-order valence-electron chi connectivity index (χ0n) is 9.96. The Morgan fingerprint density at radius 1 is 1.31 bits per heavy atom. The number of hydrogen-bond acceptors (Lipinski definition) is 4. The fourth-order valence-corrected chi connectivity index (χ4v) is 2.00. The summed E-state index contributed by atoms with van der Waals surface area (Å²) < 4.78 is 16.4. The molecule has 0 bridgehead atoms. The number of nitrogens with one attached hydrogen (secondary N) is 1. The van der Waals surface area contributed by atoms with Crippen LogP contribution in [-0.2, 0) is 14.2 Å². The number of hydrogen-bond donors (Lipinski definition) is 1. The Morgan fingerprint density at radius 3 is 2.81 bits per heavy atom. The van der Waals surface area contributed by atoms with Crippen LogP contribution in [0.3, 0.4) is 0 Å². The lowest BCUT2D eigenvalue weighted by Gasteiger charge is -2.22. The van der Waals surface area contributed by atoms with Gasteiger partial charge in [0.2, 0.25) is 0 Å². The third-order valence-corrected chi connectivity index (χ3v) is 2.99. The highest BCUT2D eigenvalue weighted by molar-refractivity contribution is 5.06. The lowest BCUT2D eigenvalue weighted by Crippen LogP contribution is -2.32. The van der Waals surface area contributed by atoms with Gasteiger partial charge >= 0.3 is 0 Å². The molecule has 16 heavy (non-hydrogen) atoms. The molecule has 4 heteroatoms. The summed E-state index contributed by atoms with van der Waals surface area (Å²) >= 11 is 0. The van der Waals surface area contributed by atoms with Gasteiger partial charge in [-0.1, -0.05) is 6.08 Å². The van der Waals surface area contributed by atoms with Crippen molar-refractivity contribution in [2.24, 2.45) is 0 Å². The summed E-state index contributed by atoms with van der Waals surface area (Å²) in [6, 6.07) is 0. The molecule has 2 aliphatic heterocycles. The third-order valence-electron chi connectivity index (χ3n) is 2.99. The first-order valence-electron chi connectivity index (χ1n) is 6.03. The van der Waals surface area contributed by atoms with Gasteiger partial charge in [-0.15, -0.1) is 0 Å². The minimum absolute atomic E-state index is 0.371. The average molecular weight is 227 g/mol. The monoisotopic (exact) mass is 227 g/mol. The Bertz CT molecular complexity index is 247. The Hall–Kier alpha value is -0.420. The van der Waals surface area contributed by atoms with Crippen LogP contribution < -0.4 is 5.32 Å². The van der Waals surface area contributed by atoms with Gasteiger partial charge in [-0.2, -0.15) is 0 Å². The maximum Gasteiger partial charge on any atom is 0.166 e. The molecule has 4 nitrogen and oxygen atoms in total. The molecule has 0 atom stereocenters. The fourth-order valence-electron chi connectivity index (χ4n) is 2.00. The van der Waals surface area contributed by atoms with Crippen LogP contribution in [0.5, 0.6) is 0 Å². The van der Waals surface area contributed by atoms with Crippen molar-refractivity contribution < 1.29 is 14.2 Å². The van der Waals surface area contributed by atoms with Crippen LogP contribution in [0.15, 0.2) is 11.6 Å². The molecule has 92 valence electrons. The van der Waals surface area contributed by atoms with Crippen LogP contribution in [-0.4, -0.2) is 45.3 Å². The van der Waals surface area contributed by atoms with E-state index in [1.807, 2.05) is 6.92 Å². The van der Waals surface area contributed by atoms with Gasteiger partial charge in [0.1, 0.15) is 0 Å². The second-order valence-corrected chi connectivity index (χ2v) is 4.46. The van der Waals surface area contributed by atoms with E-state index in [0.717, 1.165) is 52.4 Å². The van der Waals surface area contributed by atoms with E-state index in [1.54, 1.807) is 0 Å². The van der Waals surface area contributed by atoms with Crippen LogP contribution >= 0.6 is 0 Å². The predicted octanol–water partition coefficient (Wildman–Crippen LogP) is 1.08. The first-order valence-corrected chi connectivity index (χ1v) is 6.03. The first-order chi connectivity index (χ1) is 7.79. The number of rotatable bonds is 5. The molecular formula is C12H21NO3. The van der Waals surface area contributed by atoms with Gasteiger partial charge in [0, 0.05) is 19.5 Å². The Balaban J connectivity index is 1.59. The minimum Gasteiger partial charge on any atom is -0.377 e. The molecule has 1 fully saturated rings. The molecule has 0 aliphatic carbocycles. The normalized spacial score (nSPS) is 24.4. The van der Waals surface area contributed by atoms with Crippen molar-refractivity contribution in [2.45, 2.75) is 25.6 Å². The zero-order chi connectivity index (χ0) is 11.3. The molecule has 0 aromatic heterocycles. The molecule has 2 heterocycles. The highest BCUT2D eigenvalue weighted by Gasteiger charge is 2.29. The SMILES string of the molecule is CC1(CCNCC2=CCCOC2)OCCO1. The van der Waals surface area contributed by atoms with Crippen molar-refractivity contribution >= 4 is 0 Å². The third kappa shape index (κ3) is 3.56. The Kier molecular flexibility index (Phi) is 4.35. The van der Waals surface area contributed by atoms with E-state index in [4.69, 9.17) is 14.2 Å². The molecule has 1 N–H and O–H groups in total. The Morgan fingerprint density at radius 2 is 2.12 bits per heavy atom. The van der Waals surface area contributed by atoms with Crippen LogP contribution in [0, 0.1) is 0 Å². The lowest BCUT2D eigenvalue weighted by atomic mass is 10.2. The molecule has 0 aromatic rings. The highest BCUT2D eigenvalue weighted by atomic mass is 16.7. The topological polar surface area (TPSA) is 39.7 Å². The van der Waals surface area contributed by atoms with E-state index in [-0.39, 0.29) is 5.79 Å². The maximum absolute atomic E-state index is 5.53. The largest absolute Gasteiger partial charge is 0.377 e. The van der Waals surface area contributed by atoms with Gasteiger partial charge in [-0.3, -0.25) is 0 Å². The van der Waals surface area contributed by atoms with Crippen molar-refractivity contribution in [2.75, 3.05) is 39.5 Å². The standard InChI is InChI=1S/C12H21NO3/c1-12(15-7-8-16-12)4-5-13-9-11-3-2-6-14-10-11/h3,13H,2,4-10H2,1H3. The average Bonchev–Trinajstić information content (AvgIpc) is 2.74. The van der Waals surface area contributed by atoms with Crippen LogP contribution in [0.1, 0.15) is 19.8 Å². The predicted molar refractivity (Wildman–Crippen MR) is 61.3 cm³/mol. The summed E-state index contributed by atoms with van der Waals surface area (Å²) in [6.45, 7) is 6.90. The van der Waals surface area contributed by atoms with Gasteiger partial charge in [0.15, 0.2) is 5.79 Å². The van der Waals surface area contributed by atoms with Crippen LogP contribution in [0.4, 0.5) is 0 Å². The van der Waals surface area contributed by atoms with Gasteiger partial charge in [0.05, 0.1) is 26.4 Å². The summed E-state index contributed by atoms with van der Waals surface area (Å²) in [5, 5.41) is 3.40. The van der Waals surface area contributed by atoms with Gasteiger partial charge in [-0.05, 0) is 18.9 Å². The minimum atomic E-state index is -0.371. The van der Waals surface area contributed by atoms with E-state index in [1.165, 1.54) is 5.57 Å². The van der Waals surface area contributed by atoms with Gasteiger partial charge in [-0.25, -0.2) is 0 Å². The molecular weight excluding hydrogens is 206 g/mol. The second-order valence-electron chi connectivity index (χ2n) is 4.46. The van der Waals surface area contributed by atoms with E-state index >= 15 is 0 Å². The van der Waals surface area contributed by atoms with Gasteiger partial charge < -0.3 is 19.5 Å². The van der Waals surface area contributed by atoms with Crippen LogP contribution in [0.2, 0.25) is 0 Å². The molecule has 0 radical (unpaired) electrons. The summed E-state index contributed by atoms with van der Waals surface area (Å²) in [4.78, 5) is 0. The molecule has 0 saturated carbocycles. The van der Waals surface area contributed by atoms with Gasteiger partial charge in [0.25, 0.3) is 0 Å². The fraction of sp³-hybridized carbons (Fsp3) is 0.833. The first kappa shape index (κ1) is 12.0. The van der Waals surface area contributed by atoms with Crippen molar-refractivity contribution in [3.05, 3.63) is 11.6 Å². The summed E-state index contributed by atoms with van der Waals surface area (Å²) in [5.41, 5.74) is 1.35. The van der Waals surface area contributed by atoms with Crippen molar-refractivity contribution in [1.29, 1.82) is 0 Å². The van der Waals surface area contributed by atoms with Crippen molar-refractivity contribution in [3.63, 3.8) is 0 Å². The molecule has 0 spiro atoms. The van der Waals surface area contributed by atoms with Crippen molar-refractivity contribution in [3.8, 4) is 0 Å². The molecule has 1 saturated heterocycles. The summed E-state index contributed by atoms with van der Waals surface area (Å²) in [6.07, 6.45) is 4.20. The van der Waals surface area contributed by atoms with Crippen molar-refractivity contribution in [1.82, 2.24) is 5.32 Å². The van der Waals surface area contributed by atoms with Crippen LogP contribution in [0.25, 0.3) is 0 Å². The maximum atomic E-state index is 5.53. The molecule has 2 aliphatic rings. The lowest BCUT2D eigenvalue weighted by molar-refractivity contribution is -0.145. The van der Waals surface area contributed by atoms with E-state index in [9.17, 15) is 0 Å².